The van der Waals surface area contributed by atoms with Gasteiger partial charge in [-0.15, -0.1) is 0 Å². The Morgan fingerprint density at radius 1 is 1.12 bits per heavy atom. The van der Waals surface area contributed by atoms with Crippen LogP contribution < -0.4 is 11.1 Å². The normalized spacial score (nSPS) is 23.6. The van der Waals surface area contributed by atoms with E-state index in [0.717, 1.165) is 38.3 Å². The van der Waals surface area contributed by atoms with Crippen molar-refractivity contribution in [2.45, 2.75) is 50.5 Å². The van der Waals surface area contributed by atoms with Crippen molar-refractivity contribution in [2.75, 3.05) is 38.2 Å². The molecule has 0 unspecified atom stereocenters. The van der Waals surface area contributed by atoms with Gasteiger partial charge in [-0.25, -0.2) is 0 Å². The Morgan fingerprint density at radius 3 is 2.68 bits per heavy atom. The van der Waals surface area contributed by atoms with E-state index < -0.39 is 0 Å². The zero-order chi connectivity index (χ0) is 17.1. The molecule has 136 valence electrons. The monoisotopic (exact) mass is 342 g/mol. The summed E-state index contributed by atoms with van der Waals surface area (Å²) in [4.78, 5) is 7.37. The highest BCUT2D eigenvalue weighted by Crippen LogP contribution is 2.31. The van der Waals surface area contributed by atoms with Crippen LogP contribution in [-0.4, -0.2) is 49.2 Å². The molecular formula is C20H30N4O. The minimum Gasteiger partial charge on any atom is -0.381 e. The van der Waals surface area contributed by atoms with Gasteiger partial charge in [-0.05, 0) is 81.3 Å². The number of rotatable bonds is 4. The molecule has 0 radical (unpaired) electrons. The van der Waals surface area contributed by atoms with Crippen LogP contribution in [0.15, 0.2) is 23.2 Å². The third-order valence-corrected chi connectivity index (χ3v) is 6.12. The van der Waals surface area contributed by atoms with Gasteiger partial charge in [0.2, 0.25) is 0 Å². The van der Waals surface area contributed by atoms with Gasteiger partial charge in [0.15, 0.2) is 5.96 Å². The number of likely N-dealkylation sites (tertiary alicyclic amines) is 1. The number of anilines is 1. The molecule has 5 heteroatoms. The molecule has 0 spiro atoms. The van der Waals surface area contributed by atoms with Crippen LogP contribution >= 0.6 is 0 Å². The van der Waals surface area contributed by atoms with E-state index in [-0.39, 0.29) is 5.54 Å². The largest absolute Gasteiger partial charge is 0.381 e. The minimum absolute atomic E-state index is 0.138. The summed E-state index contributed by atoms with van der Waals surface area (Å²) in [5.74, 6) is 0.531. The second-order valence-corrected chi connectivity index (χ2v) is 7.69. The van der Waals surface area contributed by atoms with Crippen molar-refractivity contribution in [1.82, 2.24) is 4.90 Å². The van der Waals surface area contributed by atoms with Crippen molar-refractivity contribution in [3.8, 4) is 0 Å². The molecule has 2 saturated heterocycles. The number of ether oxygens (including phenoxy) is 1. The SMILES string of the molecule is NC(=NCC1(N2CCCC2)CCOCC1)Nc1ccc2c(c1)CCC2. The van der Waals surface area contributed by atoms with Gasteiger partial charge in [-0.2, -0.15) is 0 Å². The fourth-order valence-electron chi connectivity index (χ4n) is 4.59. The molecule has 0 saturated carbocycles. The average Bonchev–Trinajstić information content (AvgIpc) is 3.32. The summed E-state index contributed by atoms with van der Waals surface area (Å²) >= 11 is 0. The van der Waals surface area contributed by atoms with E-state index >= 15 is 0 Å². The van der Waals surface area contributed by atoms with Crippen LogP contribution in [0.2, 0.25) is 0 Å². The molecule has 0 atom stereocenters. The van der Waals surface area contributed by atoms with Gasteiger partial charge in [0, 0.05) is 24.4 Å². The number of benzene rings is 1. The lowest BCUT2D eigenvalue weighted by molar-refractivity contribution is -0.0138. The lowest BCUT2D eigenvalue weighted by Crippen LogP contribution is -2.53. The Kier molecular flexibility index (Phi) is 4.95. The van der Waals surface area contributed by atoms with Gasteiger partial charge >= 0.3 is 0 Å². The molecule has 2 fully saturated rings. The van der Waals surface area contributed by atoms with Crippen LogP contribution in [-0.2, 0) is 17.6 Å². The van der Waals surface area contributed by atoms with E-state index in [4.69, 9.17) is 15.5 Å². The number of fused-ring (bicyclic) bond motifs is 1. The van der Waals surface area contributed by atoms with E-state index in [9.17, 15) is 0 Å². The highest BCUT2D eigenvalue weighted by atomic mass is 16.5. The van der Waals surface area contributed by atoms with Crippen LogP contribution in [0.4, 0.5) is 5.69 Å². The van der Waals surface area contributed by atoms with Gasteiger partial charge < -0.3 is 15.8 Å². The molecule has 4 rings (SSSR count). The molecule has 0 bridgehead atoms. The second kappa shape index (κ2) is 7.34. The molecule has 3 N–H and O–H groups in total. The maximum atomic E-state index is 6.21. The second-order valence-electron chi connectivity index (χ2n) is 7.69. The van der Waals surface area contributed by atoms with Crippen molar-refractivity contribution >= 4 is 11.6 Å². The number of nitrogens with two attached hydrogens (primary N) is 1. The van der Waals surface area contributed by atoms with Crippen molar-refractivity contribution in [3.63, 3.8) is 0 Å². The quantitative estimate of drug-likeness (QED) is 0.652. The van der Waals surface area contributed by atoms with Crippen molar-refractivity contribution in [1.29, 1.82) is 0 Å². The Bertz CT molecular complexity index is 631. The van der Waals surface area contributed by atoms with Crippen LogP contribution in [0, 0.1) is 0 Å². The summed E-state index contributed by atoms with van der Waals surface area (Å²) in [5, 5.41) is 3.30. The molecule has 2 heterocycles. The van der Waals surface area contributed by atoms with Crippen LogP contribution in [0.25, 0.3) is 0 Å². The standard InChI is InChI=1S/C20H30N4O/c21-19(23-18-7-6-16-4-3-5-17(16)14-18)22-15-20(8-12-25-13-9-20)24-10-1-2-11-24/h6-7,14H,1-5,8-13,15H2,(H3,21,22,23). The van der Waals surface area contributed by atoms with E-state index in [1.54, 1.807) is 0 Å². The van der Waals surface area contributed by atoms with Crippen LogP contribution in [0.3, 0.4) is 0 Å². The van der Waals surface area contributed by atoms with Crippen LogP contribution in [0.1, 0.15) is 43.2 Å². The number of hydrogen-bond acceptors (Lipinski definition) is 3. The summed E-state index contributed by atoms with van der Waals surface area (Å²) in [6.45, 7) is 4.82. The third kappa shape index (κ3) is 3.67. The highest BCUT2D eigenvalue weighted by molar-refractivity contribution is 5.92. The number of aryl methyl sites for hydroxylation is 2. The fraction of sp³-hybridized carbons (Fsp3) is 0.650. The third-order valence-electron chi connectivity index (χ3n) is 6.12. The molecule has 1 aromatic rings. The molecule has 0 amide bonds. The first-order valence-electron chi connectivity index (χ1n) is 9.77. The maximum Gasteiger partial charge on any atom is 0.193 e. The lowest BCUT2D eigenvalue weighted by atomic mass is 9.88. The van der Waals surface area contributed by atoms with Crippen LogP contribution in [0.5, 0.6) is 0 Å². The summed E-state index contributed by atoms with van der Waals surface area (Å²) in [6.07, 6.45) is 8.37. The number of nitrogens with one attached hydrogen (secondary N) is 1. The molecule has 5 nitrogen and oxygen atoms in total. The number of hydrogen-bond donors (Lipinski definition) is 2. The lowest BCUT2D eigenvalue weighted by Gasteiger charge is -2.43. The van der Waals surface area contributed by atoms with Crippen molar-refractivity contribution in [3.05, 3.63) is 29.3 Å². The molecule has 25 heavy (non-hydrogen) atoms. The Hall–Kier alpha value is -1.59. The smallest absolute Gasteiger partial charge is 0.193 e. The summed E-state index contributed by atoms with van der Waals surface area (Å²) < 4.78 is 5.61. The topological polar surface area (TPSA) is 62.9 Å². The molecule has 2 aliphatic heterocycles. The van der Waals surface area contributed by atoms with Crippen molar-refractivity contribution in [2.24, 2.45) is 10.7 Å². The van der Waals surface area contributed by atoms with Gasteiger partial charge in [-0.1, -0.05) is 6.07 Å². The fourth-order valence-corrected chi connectivity index (χ4v) is 4.59. The first-order chi connectivity index (χ1) is 12.3. The van der Waals surface area contributed by atoms with Gasteiger partial charge in [-0.3, -0.25) is 9.89 Å². The first-order valence-corrected chi connectivity index (χ1v) is 9.77. The van der Waals surface area contributed by atoms with E-state index in [1.807, 2.05) is 0 Å². The Labute approximate surface area is 150 Å². The first kappa shape index (κ1) is 16.9. The number of guanidine groups is 1. The maximum absolute atomic E-state index is 6.21. The van der Waals surface area contributed by atoms with Gasteiger partial charge in [0.05, 0.1) is 6.54 Å². The summed E-state index contributed by atoms with van der Waals surface area (Å²) in [5.41, 5.74) is 10.3. The molecule has 0 aromatic heterocycles. The Balaban J connectivity index is 1.43. The van der Waals surface area contributed by atoms with Crippen molar-refractivity contribution < 1.29 is 4.74 Å². The number of nitrogens with zero attached hydrogens (tertiary/aromatic N) is 2. The molecule has 3 aliphatic rings. The zero-order valence-electron chi connectivity index (χ0n) is 15.1. The van der Waals surface area contributed by atoms with Gasteiger partial charge in [0.25, 0.3) is 0 Å². The summed E-state index contributed by atoms with van der Waals surface area (Å²) in [6, 6.07) is 6.58. The van der Waals surface area contributed by atoms with E-state index in [2.05, 4.69) is 28.4 Å². The predicted octanol–water partition coefficient (Wildman–Crippen LogP) is 2.55. The molecule has 1 aliphatic carbocycles. The number of aliphatic imine (C=N–C) groups is 1. The molecule has 1 aromatic carbocycles. The molecular weight excluding hydrogens is 312 g/mol. The Morgan fingerprint density at radius 2 is 1.88 bits per heavy atom. The van der Waals surface area contributed by atoms with E-state index in [1.165, 1.54) is 56.3 Å². The van der Waals surface area contributed by atoms with E-state index in [0.29, 0.717) is 5.96 Å². The minimum atomic E-state index is 0.138. The van der Waals surface area contributed by atoms with Gasteiger partial charge in [0.1, 0.15) is 0 Å². The average molecular weight is 342 g/mol. The predicted molar refractivity (Wildman–Crippen MR) is 102 cm³/mol. The highest BCUT2D eigenvalue weighted by Gasteiger charge is 2.39. The summed E-state index contributed by atoms with van der Waals surface area (Å²) in [7, 11) is 0. The zero-order valence-corrected chi connectivity index (χ0v) is 15.1.